The van der Waals surface area contributed by atoms with Crippen LogP contribution in [0.3, 0.4) is 0 Å². The van der Waals surface area contributed by atoms with E-state index in [1.165, 1.54) is 29.2 Å². The van der Waals surface area contributed by atoms with Gasteiger partial charge in [-0.1, -0.05) is 43.0 Å². The van der Waals surface area contributed by atoms with Crippen molar-refractivity contribution in [3.8, 4) is 5.69 Å². The number of nitrogens with zero attached hydrogens (tertiary/aromatic N) is 4. The highest BCUT2D eigenvalue weighted by molar-refractivity contribution is 5.99. The van der Waals surface area contributed by atoms with Crippen LogP contribution in [0.15, 0.2) is 90.2 Å². The molecule has 0 aliphatic heterocycles. The molecular weight excluding hydrogens is 559 g/mol. The normalized spacial score (nSPS) is 15.7. The SMILES string of the molecule is C=C/C=C(\C(=C/C)CN(C)C)C1C=CC(N(CC)C(=O)c2cc(C(F)(F)F)nn2-c2cccc(C(=N)OC(=N)N)c2)=CC1. The number of aromatic nitrogens is 2. The molecule has 1 heterocycles. The summed E-state index contributed by atoms with van der Waals surface area (Å²) in [6.07, 6.45) is 7.25. The van der Waals surface area contributed by atoms with Gasteiger partial charge < -0.3 is 20.3 Å². The van der Waals surface area contributed by atoms with Crippen molar-refractivity contribution in [2.24, 2.45) is 11.7 Å². The van der Waals surface area contributed by atoms with Gasteiger partial charge in [-0.25, -0.2) is 4.68 Å². The molecule has 9 nitrogen and oxygen atoms in total. The Balaban J connectivity index is 1.98. The summed E-state index contributed by atoms with van der Waals surface area (Å²) in [5, 5.41) is 18.9. The lowest BCUT2D eigenvalue weighted by Crippen LogP contribution is -2.32. The van der Waals surface area contributed by atoms with E-state index in [0.717, 1.165) is 28.4 Å². The van der Waals surface area contributed by atoms with Crippen LogP contribution in [0.5, 0.6) is 0 Å². The molecule has 0 fully saturated rings. The Morgan fingerprint density at radius 1 is 1.28 bits per heavy atom. The first-order valence-electron chi connectivity index (χ1n) is 13.5. The van der Waals surface area contributed by atoms with Gasteiger partial charge in [0.15, 0.2) is 5.69 Å². The summed E-state index contributed by atoms with van der Waals surface area (Å²) >= 11 is 0. The van der Waals surface area contributed by atoms with Crippen molar-refractivity contribution >= 4 is 17.8 Å². The molecule has 0 spiro atoms. The molecule has 0 saturated carbocycles. The lowest BCUT2D eigenvalue weighted by Gasteiger charge is -2.28. The van der Waals surface area contributed by atoms with Gasteiger partial charge in [0.05, 0.1) is 5.69 Å². The third kappa shape index (κ3) is 7.98. The molecule has 228 valence electrons. The summed E-state index contributed by atoms with van der Waals surface area (Å²) in [5.74, 6) is -1.13. The van der Waals surface area contributed by atoms with Gasteiger partial charge in [-0.15, -0.1) is 0 Å². The van der Waals surface area contributed by atoms with Crippen molar-refractivity contribution in [2.75, 3.05) is 27.2 Å². The number of carbonyl (C=O) groups excluding carboxylic acids is 1. The highest BCUT2D eigenvalue weighted by Crippen LogP contribution is 2.33. The molecule has 0 radical (unpaired) electrons. The zero-order chi connectivity index (χ0) is 31.9. The Morgan fingerprint density at radius 2 is 2.00 bits per heavy atom. The summed E-state index contributed by atoms with van der Waals surface area (Å²) < 4.78 is 47.0. The van der Waals surface area contributed by atoms with Crippen LogP contribution in [-0.2, 0) is 10.9 Å². The first-order chi connectivity index (χ1) is 20.3. The van der Waals surface area contributed by atoms with Crippen LogP contribution in [-0.4, -0.2) is 64.6 Å². The van der Waals surface area contributed by atoms with Gasteiger partial charge in [-0.3, -0.25) is 15.6 Å². The van der Waals surface area contributed by atoms with Gasteiger partial charge in [0.2, 0.25) is 5.90 Å². The molecule has 1 amide bonds. The molecular formula is C31H36F3N7O2. The van der Waals surface area contributed by atoms with Crippen molar-refractivity contribution < 1.29 is 22.7 Å². The van der Waals surface area contributed by atoms with Crippen molar-refractivity contribution in [1.82, 2.24) is 19.6 Å². The molecule has 1 unspecified atom stereocenters. The number of rotatable bonds is 10. The van der Waals surface area contributed by atoms with E-state index in [-0.39, 0.29) is 29.4 Å². The van der Waals surface area contributed by atoms with Crippen molar-refractivity contribution in [3.05, 3.63) is 107 Å². The quantitative estimate of drug-likeness (QED) is 0.186. The summed E-state index contributed by atoms with van der Waals surface area (Å²) in [5.41, 5.74) is 6.68. The third-order valence-corrected chi connectivity index (χ3v) is 6.64. The van der Waals surface area contributed by atoms with Gasteiger partial charge in [0.1, 0.15) is 5.69 Å². The average Bonchev–Trinajstić information content (AvgIpc) is 3.42. The Morgan fingerprint density at radius 3 is 2.53 bits per heavy atom. The van der Waals surface area contributed by atoms with Gasteiger partial charge in [0, 0.05) is 36.3 Å². The van der Waals surface area contributed by atoms with Crippen LogP contribution >= 0.6 is 0 Å². The second-order valence-electron chi connectivity index (χ2n) is 9.96. The zero-order valence-corrected chi connectivity index (χ0v) is 24.6. The number of nitrogens with two attached hydrogens (primary N) is 1. The maximum Gasteiger partial charge on any atom is 0.435 e. The minimum absolute atomic E-state index is 0.0272. The number of carbonyl (C=O) groups is 1. The maximum absolute atomic E-state index is 13.8. The molecule has 1 aliphatic rings. The number of benzene rings is 1. The number of halogens is 3. The number of likely N-dealkylation sites (N-methyl/N-ethyl adjacent to an activating group) is 2. The topological polar surface area (TPSA) is 124 Å². The standard InChI is InChI=1S/C31H36F3N7O2/c1-6-10-25(20(7-2)19-39(4)5)21-13-15-23(16-14-21)40(8-3)29(42)26-18-27(31(32,33)34)38-41(26)24-12-9-11-22(17-24)28(35)43-30(36)37/h6-7,9-13,15-18,21,35H,1,8,14,19H2,2-5H3,(H3,36,37)/b20-7-,25-10+,35-28?. The minimum atomic E-state index is -4.80. The zero-order valence-electron chi connectivity index (χ0n) is 24.6. The highest BCUT2D eigenvalue weighted by atomic mass is 19.4. The van der Waals surface area contributed by atoms with E-state index in [1.54, 1.807) is 13.0 Å². The fourth-order valence-corrected chi connectivity index (χ4v) is 4.72. The second-order valence-corrected chi connectivity index (χ2v) is 9.96. The number of allylic oxidation sites excluding steroid dienone is 6. The lowest BCUT2D eigenvalue weighted by atomic mass is 9.86. The predicted octanol–water partition coefficient (Wildman–Crippen LogP) is 5.67. The van der Waals surface area contributed by atoms with E-state index < -0.39 is 29.7 Å². The predicted molar refractivity (Wildman–Crippen MR) is 161 cm³/mol. The first-order valence-corrected chi connectivity index (χ1v) is 13.5. The number of alkyl halides is 3. The van der Waals surface area contributed by atoms with Crippen LogP contribution in [0.2, 0.25) is 0 Å². The number of ether oxygens (including phenoxy) is 1. The van der Waals surface area contributed by atoms with Crippen LogP contribution in [0, 0.1) is 16.7 Å². The van der Waals surface area contributed by atoms with Crippen LogP contribution in [0.25, 0.3) is 5.69 Å². The summed E-state index contributed by atoms with van der Waals surface area (Å²) in [6.45, 7) is 8.51. The second kappa shape index (κ2) is 14.0. The largest absolute Gasteiger partial charge is 0.435 e. The first kappa shape index (κ1) is 32.8. The molecule has 1 atom stereocenters. The Bertz CT molecular complexity index is 1510. The Kier molecular flexibility index (Phi) is 10.7. The Hall–Kier alpha value is -4.71. The fraction of sp³-hybridized carbons (Fsp3) is 0.290. The van der Waals surface area contributed by atoms with E-state index in [0.29, 0.717) is 12.1 Å². The van der Waals surface area contributed by atoms with Gasteiger partial charge >= 0.3 is 6.18 Å². The van der Waals surface area contributed by atoms with E-state index in [4.69, 9.17) is 21.3 Å². The van der Waals surface area contributed by atoms with E-state index in [1.807, 2.05) is 45.3 Å². The molecule has 4 N–H and O–H groups in total. The number of hydrogen-bond donors (Lipinski definition) is 3. The molecule has 0 bridgehead atoms. The molecule has 2 aromatic rings. The number of amides is 1. The number of nitrogens with one attached hydrogen (secondary N) is 2. The van der Waals surface area contributed by atoms with E-state index in [9.17, 15) is 18.0 Å². The molecule has 1 aliphatic carbocycles. The molecule has 0 saturated heterocycles. The van der Waals surface area contributed by atoms with Crippen LogP contribution in [0.4, 0.5) is 13.2 Å². The molecule has 43 heavy (non-hydrogen) atoms. The number of amidine groups is 1. The summed E-state index contributed by atoms with van der Waals surface area (Å²) in [6, 6.07) is 5.72. The molecule has 1 aromatic carbocycles. The smallest absolute Gasteiger partial charge is 0.407 e. The molecule has 3 rings (SSSR count). The number of hydrogen-bond acceptors (Lipinski definition) is 6. The van der Waals surface area contributed by atoms with E-state index >= 15 is 0 Å². The third-order valence-electron chi connectivity index (χ3n) is 6.64. The fourth-order valence-electron chi connectivity index (χ4n) is 4.72. The summed E-state index contributed by atoms with van der Waals surface area (Å²) in [7, 11) is 3.98. The monoisotopic (exact) mass is 595 g/mol. The minimum Gasteiger partial charge on any atom is -0.407 e. The van der Waals surface area contributed by atoms with Gasteiger partial charge in [-0.05, 0) is 69.8 Å². The summed E-state index contributed by atoms with van der Waals surface area (Å²) in [4.78, 5) is 17.3. The average molecular weight is 596 g/mol. The molecule has 1 aromatic heterocycles. The highest BCUT2D eigenvalue weighted by Gasteiger charge is 2.37. The van der Waals surface area contributed by atoms with Crippen LogP contribution < -0.4 is 5.73 Å². The van der Waals surface area contributed by atoms with Crippen molar-refractivity contribution in [3.63, 3.8) is 0 Å². The van der Waals surface area contributed by atoms with E-state index in [2.05, 4.69) is 22.7 Å². The van der Waals surface area contributed by atoms with Crippen molar-refractivity contribution in [2.45, 2.75) is 26.4 Å². The van der Waals surface area contributed by atoms with Gasteiger partial charge in [0.25, 0.3) is 11.9 Å². The van der Waals surface area contributed by atoms with Crippen molar-refractivity contribution in [1.29, 1.82) is 10.8 Å². The Labute approximate surface area is 249 Å². The lowest BCUT2D eigenvalue weighted by molar-refractivity contribution is -0.141. The van der Waals surface area contributed by atoms with Crippen LogP contribution in [0.1, 0.15) is 42.0 Å². The molecule has 12 heteroatoms. The maximum atomic E-state index is 13.8. The van der Waals surface area contributed by atoms with Gasteiger partial charge in [-0.2, -0.15) is 18.3 Å².